The van der Waals surface area contributed by atoms with E-state index < -0.39 is 0 Å². The zero-order valence-electron chi connectivity index (χ0n) is 11.2. The molecule has 102 valence electrons. The van der Waals surface area contributed by atoms with Crippen molar-refractivity contribution in [1.82, 2.24) is 4.90 Å². The summed E-state index contributed by atoms with van der Waals surface area (Å²) >= 11 is 0. The van der Waals surface area contributed by atoms with Crippen molar-refractivity contribution < 1.29 is 19.0 Å². The highest BCUT2D eigenvalue weighted by atomic mass is 16.6. The predicted molar refractivity (Wildman–Crippen MR) is 68.1 cm³/mol. The number of amides is 1. The first-order valence-corrected chi connectivity index (χ1v) is 6.33. The number of likely N-dealkylation sites (tertiary alicyclic amines) is 1. The fourth-order valence-electron chi connectivity index (χ4n) is 2.88. The first kappa shape index (κ1) is 12.3. The van der Waals surface area contributed by atoms with E-state index in [2.05, 4.69) is 0 Å². The number of methoxy groups -OCH3 is 2. The van der Waals surface area contributed by atoms with Gasteiger partial charge in [-0.25, -0.2) is 4.79 Å². The largest absolute Gasteiger partial charge is 0.497 e. The molecule has 2 heterocycles. The summed E-state index contributed by atoms with van der Waals surface area (Å²) in [5, 5.41) is 0. The lowest BCUT2D eigenvalue weighted by atomic mass is 10.0. The van der Waals surface area contributed by atoms with Gasteiger partial charge < -0.3 is 14.2 Å². The van der Waals surface area contributed by atoms with Gasteiger partial charge in [-0.3, -0.25) is 4.90 Å². The molecule has 1 aromatic rings. The van der Waals surface area contributed by atoms with Gasteiger partial charge in [0.25, 0.3) is 0 Å². The van der Waals surface area contributed by atoms with E-state index in [1.54, 1.807) is 12.0 Å². The van der Waals surface area contributed by atoms with E-state index >= 15 is 0 Å². The zero-order valence-corrected chi connectivity index (χ0v) is 11.2. The molecule has 2 aliphatic rings. The van der Waals surface area contributed by atoms with Gasteiger partial charge in [-0.1, -0.05) is 12.1 Å². The molecule has 0 N–H and O–H groups in total. The average Bonchev–Trinajstić information content (AvgIpc) is 3.18. The molecule has 3 rings (SSSR count). The van der Waals surface area contributed by atoms with E-state index in [4.69, 9.17) is 14.2 Å². The lowest BCUT2D eigenvalue weighted by Gasteiger charge is -2.29. The molecule has 19 heavy (non-hydrogen) atoms. The summed E-state index contributed by atoms with van der Waals surface area (Å²) in [6.45, 7) is 1.99. The van der Waals surface area contributed by atoms with Crippen LogP contribution in [0.15, 0.2) is 24.3 Å². The third-order valence-electron chi connectivity index (χ3n) is 3.93. The molecule has 0 saturated carbocycles. The van der Waals surface area contributed by atoms with Crippen molar-refractivity contribution in [3.05, 3.63) is 29.8 Å². The molecule has 2 aliphatic heterocycles. The summed E-state index contributed by atoms with van der Waals surface area (Å²) in [4.78, 5) is 13.7. The van der Waals surface area contributed by atoms with Gasteiger partial charge in [0.2, 0.25) is 0 Å². The van der Waals surface area contributed by atoms with Crippen molar-refractivity contribution >= 4 is 6.09 Å². The van der Waals surface area contributed by atoms with Gasteiger partial charge in [0, 0.05) is 0 Å². The molecule has 0 bridgehead atoms. The maximum absolute atomic E-state index is 11.9. The van der Waals surface area contributed by atoms with Gasteiger partial charge in [-0.15, -0.1) is 0 Å². The normalized spacial score (nSPS) is 31.8. The SMILES string of the molecule is COC(=O)N1[C@H](C)[C@@H]2O[C@@H]2[C@H]1c1ccc(OC)cc1. The predicted octanol–water partition coefficient (Wildman–Crippen LogP) is 1.97. The van der Waals surface area contributed by atoms with Crippen LogP contribution >= 0.6 is 0 Å². The van der Waals surface area contributed by atoms with Gasteiger partial charge in [-0.2, -0.15) is 0 Å². The lowest BCUT2D eigenvalue weighted by Crippen LogP contribution is -2.40. The van der Waals surface area contributed by atoms with Crippen LogP contribution in [0.4, 0.5) is 4.79 Å². The Labute approximate surface area is 112 Å². The van der Waals surface area contributed by atoms with Gasteiger partial charge in [0.1, 0.15) is 18.0 Å². The van der Waals surface area contributed by atoms with Crippen LogP contribution in [0.25, 0.3) is 0 Å². The van der Waals surface area contributed by atoms with Crippen molar-refractivity contribution in [3.63, 3.8) is 0 Å². The molecular formula is C14H17NO4. The van der Waals surface area contributed by atoms with Gasteiger partial charge in [0.05, 0.1) is 26.3 Å². The van der Waals surface area contributed by atoms with Crippen LogP contribution in [0.3, 0.4) is 0 Å². The summed E-state index contributed by atoms with van der Waals surface area (Å²) < 4.78 is 15.7. The van der Waals surface area contributed by atoms with Gasteiger partial charge in [-0.05, 0) is 24.6 Å². The topological polar surface area (TPSA) is 51.3 Å². The average molecular weight is 263 g/mol. The van der Waals surface area contributed by atoms with E-state index in [0.717, 1.165) is 11.3 Å². The van der Waals surface area contributed by atoms with Crippen LogP contribution < -0.4 is 4.74 Å². The van der Waals surface area contributed by atoms with Crippen molar-refractivity contribution in [3.8, 4) is 5.75 Å². The monoisotopic (exact) mass is 263 g/mol. The number of morpholine rings is 1. The first-order valence-electron chi connectivity index (χ1n) is 6.33. The highest BCUT2D eigenvalue weighted by molar-refractivity contribution is 5.70. The minimum atomic E-state index is -0.302. The summed E-state index contributed by atoms with van der Waals surface area (Å²) in [6, 6.07) is 7.70. The molecule has 0 aromatic heterocycles. The molecule has 1 aromatic carbocycles. The molecule has 0 unspecified atom stereocenters. The summed E-state index contributed by atoms with van der Waals surface area (Å²) in [5.41, 5.74) is 1.04. The minimum absolute atomic E-state index is 0.0459. The number of carbonyl (C=O) groups excluding carboxylic acids is 1. The van der Waals surface area contributed by atoms with Crippen LogP contribution in [0.2, 0.25) is 0 Å². The van der Waals surface area contributed by atoms with Crippen LogP contribution in [-0.2, 0) is 9.47 Å². The fourth-order valence-corrected chi connectivity index (χ4v) is 2.88. The van der Waals surface area contributed by atoms with Crippen molar-refractivity contribution in [2.24, 2.45) is 0 Å². The highest BCUT2D eigenvalue weighted by Crippen LogP contribution is 2.49. The number of epoxide rings is 1. The van der Waals surface area contributed by atoms with Crippen molar-refractivity contribution in [2.45, 2.75) is 31.2 Å². The second kappa shape index (κ2) is 4.42. The lowest BCUT2D eigenvalue weighted by molar-refractivity contribution is 0.0680. The van der Waals surface area contributed by atoms with E-state index in [1.165, 1.54) is 7.11 Å². The standard InChI is InChI=1S/C14H17NO4/c1-8-12-13(19-12)11(15(8)14(16)18-3)9-4-6-10(17-2)7-5-9/h4-8,11-13H,1-3H3/t8-,11-,12+,13-/m1/s1. The number of rotatable bonds is 2. The van der Waals surface area contributed by atoms with Crippen molar-refractivity contribution in [2.75, 3.05) is 14.2 Å². The third-order valence-corrected chi connectivity index (χ3v) is 3.93. The maximum Gasteiger partial charge on any atom is 0.410 e. The Hall–Kier alpha value is -1.75. The summed E-state index contributed by atoms with van der Waals surface area (Å²) in [6.07, 6.45) is -0.0854. The molecule has 2 saturated heterocycles. The molecule has 2 fully saturated rings. The molecule has 1 amide bonds. The number of hydrogen-bond donors (Lipinski definition) is 0. The van der Waals surface area contributed by atoms with E-state index in [9.17, 15) is 4.79 Å². The maximum atomic E-state index is 11.9. The second-order valence-corrected chi connectivity index (χ2v) is 4.90. The number of hydrogen-bond acceptors (Lipinski definition) is 4. The molecule has 5 heteroatoms. The second-order valence-electron chi connectivity index (χ2n) is 4.90. The Morgan fingerprint density at radius 1 is 1.21 bits per heavy atom. The van der Waals surface area contributed by atoms with Crippen LogP contribution in [0.1, 0.15) is 18.5 Å². The van der Waals surface area contributed by atoms with E-state index in [-0.39, 0.29) is 30.4 Å². The molecule has 0 radical (unpaired) electrons. The number of ether oxygens (including phenoxy) is 3. The van der Waals surface area contributed by atoms with Gasteiger partial charge in [0.15, 0.2) is 0 Å². The Kier molecular flexibility index (Phi) is 2.86. The summed E-state index contributed by atoms with van der Waals surface area (Å²) in [5.74, 6) is 0.799. The smallest absolute Gasteiger partial charge is 0.410 e. The Bertz CT molecular complexity index is 487. The Morgan fingerprint density at radius 3 is 2.47 bits per heavy atom. The van der Waals surface area contributed by atoms with Crippen molar-refractivity contribution in [1.29, 1.82) is 0 Å². The Morgan fingerprint density at radius 2 is 1.89 bits per heavy atom. The number of benzene rings is 1. The number of fused-ring (bicyclic) bond motifs is 1. The van der Waals surface area contributed by atoms with Crippen LogP contribution in [-0.4, -0.2) is 43.5 Å². The minimum Gasteiger partial charge on any atom is -0.497 e. The molecule has 4 atom stereocenters. The molecule has 5 nitrogen and oxygen atoms in total. The Balaban J connectivity index is 1.90. The first-order chi connectivity index (χ1) is 9.17. The van der Waals surface area contributed by atoms with Crippen LogP contribution in [0.5, 0.6) is 5.75 Å². The van der Waals surface area contributed by atoms with Gasteiger partial charge >= 0.3 is 6.09 Å². The highest BCUT2D eigenvalue weighted by Gasteiger charge is 2.61. The quantitative estimate of drug-likeness (QED) is 0.765. The summed E-state index contributed by atoms with van der Waals surface area (Å²) in [7, 11) is 3.04. The van der Waals surface area contributed by atoms with Crippen LogP contribution in [0, 0.1) is 0 Å². The number of carbonyl (C=O) groups is 1. The van der Waals surface area contributed by atoms with E-state index in [0.29, 0.717) is 0 Å². The number of nitrogens with zero attached hydrogens (tertiary/aromatic N) is 1. The zero-order chi connectivity index (χ0) is 13.6. The third kappa shape index (κ3) is 1.85. The molecule has 0 aliphatic carbocycles. The van der Waals surface area contributed by atoms with E-state index in [1.807, 2.05) is 31.2 Å². The molecular weight excluding hydrogens is 246 g/mol. The fraction of sp³-hybridized carbons (Fsp3) is 0.500. The molecule has 0 spiro atoms.